The number of fused-ring (bicyclic) bond motifs is 1. The first-order valence-corrected chi connectivity index (χ1v) is 9.13. The van der Waals surface area contributed by atoms with Crippen molar-refractivity contribution in [3.8, 4) is 0 Å². The molecular formula is C19H29N3O. The van der Waals surface area contributed by atoms with Crippen LogP contribution in [-0.4, -0.2) is 50.1 Å². The second-order valence-corrected chi connectivity index (χ2v) is 6.70. The van der Waals surface area contributed by atoms with Crippen LogP contribution in [0, 0.1) is 0 Å². The maximum atomic E-state index is 12.3. The first kappa shape index (κ1) is 16.5. The van der Waals surface area contributed by atoms with Crippen LogP contribution in [0.3, 0.4) is 0 Å². The van der Waals surface area contributed by atoms with Crippen LogP contribution in [0.2, 0.25) is 0 Å². The van der Waals surface area contributed by atoms with E-state index in [1.54, 1.807) is 0 Å². The summed E-state index contributed by atoms with van der Waals surface area (Å²) in [7, 11) is 0. The second-order valence-electron chi connectivity index (χ2n) is 6.70. The molecule has 0 atom stereocenters. The molecule has 1 N–H and O–H groups in total. The van der Waals surface area contributed by atoms with Gasteiger partial charge in [0.2, 0.25) is 5.91 Å². The number of benzene rings is 1. The average molecular weight is 315 g/mol. The molecule has 1 amide bonds. The van der Waals surface area contributed by atoms with Crippen molar-refractivity contribution in [1.29, 1.82) is 0 Å². The zero-order valence-electron chi connectivity index (χ0n) is 14.3. The van der Waals surface area contributed by atoms with Gasteiger partial charge in [0.1, 0.15) is 0 Å². The lowest BCUT2D eigenvalue weighted by Crippen LogP contribution is -2.44. The molecule has 0 radical (unpaired) electrons. The molecule has 0 saturated carbocycles. The van der Waals surface area contributed by atoms with Crippen LogP contribution in [0.1, 0.15) is 37.3 Å². The maximum Gasteiger partial charge on any atom is 0.226 e. The molecule has 0 unspecified atom stereocenters. The van der Waals surface area contributed by atoms with E-state index < -0.39 is 0 Å². The van der Waals surface area contributed by atoms with Crippen LogP contribution in [0.25, 0.3) is 0 Å². The molecular weight excluding hydrogens is 286 g/mol. The minimum absolute atomic E-state index is 0.280. The van der Waals surface area contributed by atoms with Crippen molar-refractivity contribution in [2.75, 3.05) is 44.2 Å². The summed E-state index contributed by atoms with van der Waals surface area (Å²) in [5.74, 6) is 0.280. The third-order valence-electron chi connectivity index (χ3n) is 4.95. The van der Waals surface area contributed by atoms with Gasteiger partial charge in [-0.15, -0.1) is 0 Å². The van der Waals surface area contributed by atoms with Gasteiger partial charge in [-0.3, -0.25) is 4.79 Å². The van der Waals surface area contributed by atoms with E-state index in [1.807, 2.05) is 4.90 Å². The molecule has 0 bridgehead atoms. The molecule has 1 fully saturated rings. The normalized spacial score (nSPS) is 18.7. The highest BCUT2D eigenvalue weighted by Crippen LogP contribution is 2.29. The number of anilines is 1. The monoisotopic (exact) mass is 315 g/mol. The molecule has 0 spiro atoms. The van der Waals surface area contributed by atoms with Crippen molar-refractivity contribution in [2.45, 2.75) is 39.0 Å². The standard InChI is InChI=1S/C19H29N3O/c1-2-4-19(23)22-11-3-5-17-15-16(6-7-18(17)22)8-12-21-13-9-20-10-14-21/h6-7,15,20H,2-5,8-14H2,1H3. The van der Waals surface area contributed by atoms with Crippen molar-refractivity contribution in [3.05, 3.63) is 29.3 Å². The van der Waals surface area contributed by atoms with Crippen molar-refractivity contribution in [1.82, 2.24) is 10.2 Å². The SMILES string of the molecule is CCCC(=O)N1CCCc2cc(CCN3CCNCC3)ccc21. The third kappa shape index (κ3) is 4.12. The van der Waals surface area contributed by atoms with Gasteiger partial charge in [-0.05, 0) is 42.9 Å². The fraction of sp³-hybridized carbons (Fsp3) is 0.632. The fourth-order valence-corrected chi connectivity index (χ4v) is 3.64. The summed E-state index contributed by atoms with van der Waals surface area (Å²) in [6, 6.07) is 6.73. The van der Waals surface area contributed by atoms with Crippen LogP contribution in [0.4, 0.5) is 5.69 Å². The summed E-state index contributed by atoms with van der Waals surface area (Å²) >= 11 is 0. The number of nitrogens with one attached hydrogen (secondary N) is 1. The first-order chi connectivity index (χ1) is 11.3. The van der Waals surface area contributed by atoms with Gasteiger partial charge in [0.15, 0.2) is 0 Å². The molecule has 2 aliphatic rings. The summed E-state index contributed by atoms with van der Waals surface area (Å²) in [5, 5.41) is 3.40. The van der Waals surface area contributed by atoms with E-state index in [9.17, 15) is 4.79 Å². The Kier molecular flexibility index (Phi) is 5.68. The van der Waals surface area contributed by atoms with Gasteiger partial charge in [0.25, 0.3) is 0 Å². The molecule has 1 saturated heterocycles. The molecule has 4 nitrogen and oxygen atoms in total. The second kappa shape index (κ2) is 7.93. The number of amides is 1. The van der Waals surface area contributed by atoms with Gasteiger partial charge in [-0.25, -0.2) is 0 Å². The highest BCUT2D eigenvalue weighted by molar-refractivity contribution is 5.94. The molecule has 23 heavy (non-hydrogen) atoms. The fourth-order valence-electron chi connectivity index (χ4n) is 3.64. The Labute approximate surface area is 139 Å². The van der Waals surface area contributed by atoms with Crippen LogP contribution in [0.5, 0.6) is 0 Å². The number of hydrogen-bond donors (Lipinski definition) is 1. The highest BCUT2D eigenvalue weighted by Gasteiger charge is 2.22. The number of hydrogen-bond acceptors (Lipinski definition) is 3. The van der Waals surface area contributed by atoms with E-state index in [0.29, 0.717) is 6.42 Å². The van der Waals surface area contributed by atoms with Gasteiger partial charge in [0, 0.05) is 51.4 Å². The van der Waals surface area contributed by atoms with Gasteiger partial charge in [-0.2, -0.15) is 0 Å². The quantitative estimate of drug-likeness (QED) is 0.905. The predicted octanol–water partition coefficient (Wildman–Crippen LogP) is 2.21. The molecule has 3 rings (SSSR count). The lowest BCUT2D eigenvalue weighted by Gasteiger charge is -2.30. The number of piperazine rings is 1. The number of nitrogens with zero attached hydrogens (tertiary/aromatic N) is 2. The van der Waals surface area contributed by atoms with Crippen molar-refractivity contribution >= 4 is 11.6 Å². The zero-order valence-corrected chi connectivity index (χ0v) is 14.3. The summed E-state index contributed by atoms with van der Waals surface area (Å²) in [6.45, 7) is 8.62. The number of carbonyl (C=O) groups is 1. The van der Waals surface area contributed by atoms with Crippen molar-refractivity contribution in [2.24, 2.45) is 0 Å². The van der Waals surface area contributed by atoms with Gasteiger partial charge in [-0.1, -0.05) is 19.1 Å². The molecule has 0 aliphatic carbocycles. The van der Waals surface area contributed by atoms with E-state index in [0.717, 1.165) is 70.6 Å². The molecule has 1 aromatic rings. The van der Waals surface area contributed by atoms with Gasteiger partial charge < -0.3 is 15.1 Å². The van der Waals surface area contributed by atoms with E-state index in [2.05, 4.69) is 35.3 Å². The molecule has 126 valence electrons. The lowest BCUT2D eigenvalue weighted by molar-refractivity contribution is -0.118. The molecule has 4 heteroatoms. The summed E-state index contributed by atoms with van der Waals surface area (Å²) in [5.41, 5.74) is 3.92. The topological polar surface area (TPSA) is 35.6 Å². The number of carbonyl (C=O) groups excluding carboxylic acids is 1. The molecule has 2 heterocycles. The summed E-state index contributed by atoms with van der Waals surface area (Å²) < 4.78 is 0. The van der Waals surface area contributed by atoms with Crippen LogP contribution in [-0.2, 0) is 17.6 Å². The van der Waals surface area contributed by atoms with E-state index >= 15 is 0 Å². The van der Waals surface area contributed by atoms with E-state index in [-0.39, 0.29) is 5.91 Å². The summed E-state index contributed by atoms with van der Waals surface area (Å²) in [6.07, 6.45) is 4.88. The van der Waals surface area contributed by atoms with Gasteiger partial charge >= 0.3 is 0 Å². The Morgan fingerprint density at radius 2 is 2.04 bits per heavy atom. The van der Waals surface area contributed by atoms with Crippen LogP contribution >= 0.6 is 0 Å². The minimum atomic E-state index is 0.280. The van der Waals surface area contributed by atoms with Crippen LogP contribution < -0.4 is 10.2 Å². The Hall–Kier alpha value is -1.39. The Morgan fingerprint density at radius 1 is 1.22 bits per heavy atom. The van der Waals surface area contributed by atoms with Crippen molar-refractivity contribution < 1.29 is 4.79 Å². The van der Waals surface area contributed by atoms with Crippen LogP contribution in [0.15, 0.2) is 18.2 Å². The molecule has 1 aromatic carbocycles. The average Bonchev–Trinajstić information content (AvgIpc) is 2.60. The Balaban J connectivity index is 1.65. The van der Waals surface area contributed by atoms with E-state index in [4.69, 9.17) is 0 Å². The van der Waals surface area contributed by atoms with Gasteiger partial charge in [0.05, 0.1) is 0 Å². The molecule has 0 aromatic heterocycles. The maximum absolute atomic E-state index is 12.3. The zero-order chi connectivity index (χ0) is 16.1. The van der Waals surface area contributed by atoms with E-state index in [1.165, 1.54) is 11.1 Å². The smallest absolute Gasteiger partial charge is 0.226 e. The Morgan fingerprint density at radius 3 is 2.83 bits per heavy atom. The minimum Gasteiger partial charge on any atom is -0.314 e. The number of aryl methyl sites for hydroxylation is 1. The third-order valence-corrected chi connectivity index (χ3v) is 4.95. The van der Waals surface area contributed by atoms with Crippen molar-refractivity contribution in [3.63, 3.8) is 0 Å². The predicted molar refractivity (Wildman–Crippen MR) is 95.0 cm³/mol. The lowest BCUT2D eigenvalue weighted by atomic mass is 9.97. The largest absolute Gasteiger partial charge is 0.314 e. The first-order valence-electron chi connectivity index (χ1n) is 9.13. The Bertz CT molecular complexity index is 537. The number of rotatable bonds is 5. The molecule has 2 aliphatic heterocycles. The summed E-state index contributed by atoms with van der Waals surface area (Å²) in [4.78, 5) is 16.8. The highest BCUT2D eigenvalue weighted by atomic mass is 16.2.